The van der Waals surface area contributed by atoms with E-state index in [9.17, 15) is 4.79 Å². The number of hydrogen-bond acceptors (Lipinski definition) is 4. The molecular formula is C20H33Cl2N3O2. The predicted molar refractivity (Wildman–Crippen MR) is 114 cm³/mol. The quantitative estimate of drug-likeness (QED) is 0.746. The molecule has 1 aromatic carbocycles. The maximum atomic E-state index is 13.0. The first-order chi connectivity index (χ1) is 12.2. The van der Waals surface area contributed by atoms with Crippen LogP contribution in [0, 0.1) is 5.41 Å². The van der Waals surface area contributed by atoms with Crippen LogP contribution < -0.4 is 10.6 Å². The van der Waals surface area contributed by atoms with E-state index in [2.05, 4.69) is 45.9 Å². The molecule has 2 aliphatic heterocycles. The van der Waals surface area contributed by atoms with Crippen LogP contribution in [0.3, 0.4) is 0 Å². The number of piperidine rings is 2. The van der Waals surface area contributed by atoms with Crippen molar-refractivity contribution in [3.8, 4) is 0 Å². The second-order valence-electron chi connectivity index (χ2n) is 7.50. The molecule has 0 spiro atoms. The average molecular weight is 418 g/mol. The summed E-state index contributed by atoms with van der Waals surface area (Å²) < 4.78 is 5.40. The highest BCUT2D eigenvalue weighted by atomic mass is 35.5. The van der Waals surface area contributed by atoms with Crippen molar-refractivity contribution >= 4 is 30.7 Å². The minimum atomic E-state index is -0.359. The van der Waals surface area contributed by atoms with Gasteiger partial charge in [0.25, 0.3) is 0 Å². The number of carbonyl (C=O) groups excluding carboxylic acids is 1. The molecule has 1 atom stereocenters. The van der Waals surface area contributed by atoms with Crippen molar-refractivity contribution in [3.05, 3.63) is 35.9 Å². The molecule has 2 N–H and O–H groups in total. The number of nitrogens with one attached hydrogen (secondary N) is 2. The Morgan fingerprint density at radius 1 is 1.26 bits per heavy atom. The van der Waals surface area contributed by atoms with E-state index < -0.39 is 0 Å². The molecule has 0 radical (unpaired) electrons. The lowest BCUT2D eigenvalue weighted by Gasteiger charge is -2.39. The van der Waals surface area contributed by atoms with Crippen LogP contribution in [0.25, 0.3) is 0 Å². The second kappa shape index (κ2) is 11.9. The van der Waals surface area contributed by atoms with Crippen LogP contribution in [0.1, 0.15) is 31.2 Å². The highest BCUT2D eigenvalue weighted by molar-refractivity contribution is 5.85. The number of halogens is 2. The summed E-state index contributed by atoms with van der Waals surface area (Å²) in [5, 5.41) is 6.69. The lowest BCUT2D eigenvalue weighted by molar-refractivity contribution is -0.137. The fourth-order valence-corrected chi connectivity index (χ4v) is 4.12. The lowest BCUT2D eigenvalue weighted by Crippen LogP contribution is -2.55. The van der Waals surface area contributed by atoms with Crippen LogP contribution >= 0.6 is 24.8 Å². The predicted octanol–water partition coefficient (Wildman–Crippen LogP) is 2.63. The normalized spacial score (nSPS) is 22.2. The number of methoxy groups -OCH3 is 1. The summed E-state index contributed by atoms with van der Waals surface area (Å²) in [6.45, 7) is 5.29. The lowest BCUT2D eigenvalue weighted by atomic mass is 9.78. The summed E-state index contributed by atoms with van der Waals surface area (Å²) in [5.74, 6) is 0.183. The summed E-state index contributed by atoms with van der Waals surface area (Å²) in [6, 6.07) is 10.8. The molecule has 1 aromatic rings. The number of carbonyl (C=O) groups is 1. The topological polar surface area (TPSA) is 53.6 Å². The Bertz CT molecular complexity index is 548. The van der Waals surface area contributed by atoms with Gasteiger partial charge in [-0.05, 0) is 50.9 Å². The van der Waals surface area contributed by atoms with Crippen molar-refractivity contribution in [2.24, 2.45) is 5.41 Å². The van der Waals surface area contributed by atoms with Crippen LogP contribution in [0.4, 0.5) is 0 Å². The molecule has 2 aliphatic rings. The molecule has 27 heavy (non-hydrogen) atoms. The summed E-state index contributed by atoms with van der Waals surface area (Å²) >= 11 is 0. The molecular weight excluding hydrogens is 385 g/mol. The van der Waals surface area contributed by atoms with E-state index in [-0.39, 0.29) is 42.2 Å². The van der Waals surface area contributed by atoms with Gasteiger partial charge in [-0.3, -0.25) is 9.69 Å². The van der Waals surface area contributed by atoms with Crippen molar-refractivity contribution in [3.63, 3.8) is 0 Å². The zero-order valence-corrected chi connectivity index (χ0v) is 17.7. The molecule has 2 fully saturated rings. The third kappa shape index (κ3) is 6.61. The fourth-order valence-electron chi connectivity index (χ4n) is 4.12. The van der Waals surface area contributed by atoms with Gasteiger partial charge in [-0.2, -0.15) is 0 Å². The van der Waals surface area contributed by atoms with Gasteiger partial charge in [-0.25, -0.2) is 0 Å². The van der Waals surface area contributed by atoms with Gasteiger partial charge in [0.15, 0.2) is 0 Å². The fraction of sp³-hybridized carbons (Fsp3) is 0.650. The minimum Gasteiger partial charge on any atom is -0.384 e. The molecule has 3 rings (SSSR count). The zero-order valence-electron chi connectivity index (χ0n) is 16.1. The van der Waals surface area contributed by atoms with E-state index in [4.69, 9.17) is 4.74 Å². The SMILES string of the molecule is COCC1(C(=O)NC2CCCN(Cc3ccccc3)C2)CCNCC1.Cl.Cl. The Morgan fingerprint density at radius 2 is 1.96 bits per heavy atom. The van der Waals surface area contributed by atoms with E-state index >= 15 is 0 Å². The van der Waals surface area contributed by atoms with Crippen LogP contribution in [0.2, 0.25) is 0 Å². The van der Waals surface area contributed by atoms with Gasteiger partial charge in [0, 0.05) is 26.2 Å². The molecule has 0 aliphatic carbocycles. The number of likely N-dealkylation sites (tertiary alicyclic amines) is 1. The second-order valence-corrected chi connectivity index (χ2v) is 7.50. The number of ether oxygens (including phenoxy) is 1. The number of nitrogens with zero attached hydrogens (tertiary/aromatic N) is 1. The van der Waals surface area contributed by atoms with Crippen LogP contribution in [-0.2, 0) is 16.1 Å². The van der Waals surface area contributed by atoms with E-state index in [1.54, 1.807) is 7.11 Å². The first kappa shape index (κ1) is 24.2. The molecule has 0 saturated carbocycles. The number of hydrogen-bond donors (Lipinski definition) is 2. The molecule has 0 bridgehead atoms. The Hall–Kier alpha value is -0.850. The van der Waals surface area contributed by atoms with E-state index in [0.717, 1.165) is 58.4 Å². The van der Waals surface area contributed by atoms with Crippen molar-refractivity contribution in [1.29, 1.82) is 0 Å². The highest BCUT2D eigenvalue weighted by Gasteiger charge is 2.40. The Balaban J connectivity index is 0.00000182. The molecule has 7 heteroatoms. The van der Waals surface area contributed by atoms with Crippen molar-refractivity contribution < 1.29 is 9.53 Å². The Kier molecular flexibility index (Phi) is 10.6. The van der Waals surface area contributed by atoms with Crippen LogP contribution in [-0.4, -0.2) is 56.7 Å². The van der Waals surface area contributed by atoms with E-state index in [0.29, 0.717) is 6.61 Å². The largest absolute Gasteiger partial charge is 0.384 e. The summed E-state index contributed by atoms with van der Waals surface area (Å²) in [6.07, 6.45) is 3.91. The van der Waals surface area contributed by atoms with Crippen molar-refractivity contribution in [2.75, 3.05) is 39.9 Å². The molecule has 0 aromatic heterocycles. The third-order valence-electron chi connectivity index (χ3n) is 5.55. The van der Waals surface area contributed by atoms with Crippen molar-refractivity contribution in [1.82, 2.24) is 15.5 Å². The molecule has 2 heterocycles. The number of amides is 1. The van der Waals surface area contributed by atoms with Gasteiger partial charge >= 0.3 is 0 Å². The Labute approximate surface area is 175 Å². The van der Waals surface area contributed by atoms with Gasteiger partial charge in [-0.15, -0.1) is 24.8 Å². The van der Waals surface area contributed by atoms with Crippen LogP contribution in [0.15, 0.2) is 30.3 Å². The Morgan fingerprint density at radius 3 is 2.63 bits per heavy atom. The van der Waals surface area contributed by atoms with Crippen LogP contribution in [0.5, 0.6) is 0 Å². The molecule has 2 saturated heterocycles. The third-order valence-corrected chi connectivity index (χ3v) is 5.55. The number of benzene rings is 1. The van der Waals surface area contributed by atoms with E-state index in [1.807, 2.05) is 0 Å². The smallest absolute Gasteiger partial charge is 0.228 e. The summed E-state index contributed by atoms with van der Waals surface area (Å²) in [7, 11) is 1.69. The molecule has 5 nitrogen and oxygen atoms in total. The first-order valence-electron chi connectivity index (χ1n) is 9.49. The van der Waals surface area contributed by atoms with Gasteiger partial charge in [0.05, 0.1) is 12.0 Å². The monoisotopic (exact) mass is 417 g/mol. The molecule has 154 valence electrons. The number of rotatable bonds is 6. The molecule has 1 amide bonds. The maximum absolute atomic E-state index is 13.0. The van der Waals surface area contributed by atoms with Gasteiger partial charge in [0.1, 0.15) is 0 Å². The molecule has 1 unspecified atom stereocenters. The van der Waals surface area contributed by atoms with Crippen molar-refractivity contribution in [2.45, 2.75) is 38.3 Å². The standard InChI is InChI=1S/C20H31N3O2.2ClH/c1-25-16-20(9-11-21-12-10-20)19(24)22-18-8-5-13-23(15-18)14-17-6-3-2-4-7-17;;/h2-4,6-7,18,21H,5,8-16H2,1H3,(H,22,24);2*1H. The zero-order chi connectivity index (χ0) is 17.5. The van der Waals surface area contributed by atoms with Gasteiger partial charge in [0.2, 0.25) is 5.91 Å². The summed E-state index contributed by atoms with van der Waals surface area (Å²) in [5.41, 5.74) is 0.977. The van der Waals surface area contributed by atoms with E-state index in [1.165, 1.54) is 5.56 Å². The average Bonchev–Trinajstić information content (AvgIpc) is 2.64. The van der Waals surface area contributed by atoms with Gasteiger partial charge in [-0.1, -0.05) is 30.3 Å². The minimum absolute atomic E-state index is 0. The first-order valence-corrected chi connectivity index (χ1v) is 9.49. The summed E-state index contributed by atoms with van der Waals surface area (Å²) in [4.78, 5) is 15.5. The highest BCUT2D eigenvalue weighted by Crippen LogP contribution is 2.30. The van der Waals surface area contributed by atoms with Gasteiger partial charge < -0.3 is 15.4 Å². The maximum Gasteiger partial charge on any atom is 0.228 e.